The van der Waals surface area contributed by atoms with Crippen molar-refractivity contribution in [3.05, 3.63) is 120 Å². The van der Waals surface area contributed by atoms with Crippen molar-refractivity contribution in [2.24, 2.45) is 0 Å². The first-order chi connectivity index (χ1) is 19.0. The number of nitrogens with one attached hydrogen (secondary N) is 1. The van der Waals surface area contributed by atoms with Crippen LogP contribution in [0.2, 0.25) is 0 Å². The van der Waals surface area contributed by atoms with Crippen LogP contribution in [-0.2, 0) is 0 Å². The topological polar surface area (TPSA) is 89.9 Å². The fraction of sp³-hybridized carbons (Fsp3) is 0.156. The Morgan fingerprint density at radius 3 is 2.21 bits per heavy atom. The maximum Gasteiger partial charge on any atom is 0.258 e. The highest BCUT2D eigenvalue weighted by atomic mass is 16.3. The van der Waals surface area contributed by atoms with Gasteiger partial charge in [0.2, 0.25) is 0 Å². The maximum atomic E-state index is 13.7. The number of rotatable bonds is 4. The van der Waals surface area contributed by atoms with Gasteiger partial charge in [0.15, 0.2) is 0 Å². The first-order valence-corrected chi connectivity index (χ1v) is 13.0. The second kappa shape index (κ2) is 10.2. The summed E-state index contributed by atoms with van der Waals surface area (Å²) >= 11 is 0. The van der Waals surface area contributed by atoms with E-state index in [-0.39, 0.29) is 30.3 Å². The van der Waals surface area contributed by atoms with Crippen molar-refractivity contribution in [1.29, 1.82) is 0 Å². The van der Waals surface area contributed by atoms with Gasteiger partial charge in [0.25, 0.3) is 17.7 Å². The summed E-state index contributed by atoms with van der Waals surface area (Å²) < 4.78 is 0. The summed E-state index contributed by atoms with van der Waals surface area (Å²) in [5, 5.41) is 13.1. The van der Waals surface area contributed by atoms with Crippen LogP contribution < -0.4 is 10.2 Å². The fourth-order valence-corrected chi connectivity index (χ4v) is 5.46. The Hall–Kier alpha value is -4.75. The molecule has 7 heteroatoms. The van der Waals surface area contributed by atoms with Crippen LogP contribution in [0.4, 0.5) is 11.4 Å². The highest BCUT2D eigenvalue weighted by Crippen LogP contribution is 2.33. The van der Waals surface area contributed by atoms with Gasteiger partial charge in [-0.05, 0) is 60.0 Å². The molecule has 4 aromatic rings. The van der Waals surface area contributed by atoms with Crippen LogP contribution in [0.1, 0.15) is 37.5 Å². The SMILES string of the molecule is O=C(Nc1ccc(C(=O)N2C[C@H]3C[C@@H](O)CN3C(=O)c3ccccc32)cc1)c1ccccc1-c1ccccc1. The minimum Gasteiger partial charge on any atom is -0.391 e. The molecule has 39 heavy (non-hydrogen) atoms. The van der Waals surface area contributed by atoms with Gasteiger partial charge in [0, 0.05) is 29.9 Å². The highest BCUT2D eigenvalue weighted by molar-refractivity contribution is 6.12. The molecule has 3 amide bonds. The molecule has 2 aliphatic rings. The zero-order valence-corrected chi connectivity index (χ0v) is 21.2. The summed E-state index contributed by atoms with van der Waals surface area (Å²) in [6.07, 6.45) is -0.171. The highest BCUT2D eigenvalue weighted by Gasteiger charge is 2.41. The molecule has 0 unspecified atom stereocenters. The van der Waals surface area contributed by atoms with Crippen LogP contribution in [0.3, 0.4) is 0 Å². The number of carbonyl (C=O) groups excluding carboxylic acids is 3. The first-order valence-electron chi connectivity index (χ1n) is 13.0. The zero-order valence-electron chi connectivity index (χ0n) is 21.2. The number of aliphatic hydroxyl groups excluding tert-OH is 1. The summed E-state index contributed by atoms with van der Waals surface area (Å²) in [6.45, 7) is 0.565. The lowest BCUT2D eigenvalue weighted by Crippen LogP contribution is -2.42. The monoisotopic (exact) mass is 517 g/mol. The van der Waals surface area contributed by atoms with Crippen LogP contribution in [0.5, 0.6) is 0 Å². The van der Waals surface area contributed by atoms with Crippen LogP contribution in [0, 0.1) is 0 Å². The van der Waals surface area contributed by atoms with Gasteiger partial charge in [-0.15, -0.1) is 0 Å². The van der Waals surface area contributed by atoms with E-state index in [1.165, 1.54) is 0 Å². The summed E-state index contributed by atoms with van der Waals surface area (Å²) in [5.41, 5.74) is 4.35. The van der Waals surface area contributed by atoms with Gasteiger partial charge in [-0.1, -0.05) is 60.7 Å². The van der Waals surface area contributed by atoms with Crippen molar-refractivity contribution >= 4 is 29.1 Å². The Morgan fingerprint density at radius 2 is 1.44 bits per heavy atom. The molecule has 0 aliphatic carbocycles. The van der Waals surface area contributed by atoms with Gasteiger partial charge < -0.3 is 20.2 Å². The first kappa shape index (κ1) is 24.6. The molecular weight excluding hydrogens is 490 g/mol. The molecule has 2 aliphatic heterocycles. The molecule has 7 nitrogen and oxygen atoms in total. The molecule has 1 saturated heterocycles. The van der Waals surface area contributed by atoms with E-state index in [2.05, 4.69) is 5.32 Å². The average Bonchev–Trinajstić information content (AvgIpc) is 3.31. The standard InChI is InChI=1S/C32H27N3O4/c36-25-18-24-19-35(29-13-7-6-12-28(29)32(39)34(24)20-25)31(38)22-14-16-23(17-15-22)33-30(37)27-11-5-4-10-26(27)21-8-2-1-3-9-21/h1-17,24-25,36H,18-20H2,(H,33,37)/t24-,25-/m1/s1. The lowest BCUT2D eigenvalue weighted by molar-refractivity contribution is 0.0724. The molecule has 0 bridgehead atoms. The Balaban J connectivity index is 1.24. The number of aliphatic hydroxyl groups is 1. The van der Waals surface area contributed by atoms with E-state index in [4.69, 9.17) is 0 Å². The van der Waals surface area contributed by atoms with E-state index >= 15 is 0 Å². The predicted molar refractivity (Wildman–Crippen MR) is 150 cm³/mol. The summed E-state index contributed by atoms with van der Waals surface area (Å²) in [6, 6.07) is 30.8. The molecule has 1 fully saturated rings. The van der Waals surface area contributed by atoms with E-state index in [0.29, 0.717) is 41.0 Å². The molecule has 4 aromatic carbocycles. The number of carbonyl (C=O) groups is 3. The molecule has 2 N–H and O–H groups in total. The van der Waals surface area contributed by atoms with E-state index in [1.54, 1.807) is 58.3 Å². The smallest absolute Gasteiger partial charge is 0.258 e. The molecule has 2 atom stereocenters. The van der Waals surface area contributed by atoms with E-state index in [9.17, 15) is 19.5 Å². The maximum absolute atomic E-state index is 13.7. The number of fused-ring (bicyclic) bond motifs is 2. The molecule has 0 radical (unpaired) electrons. The van der Waals surface area contributed by atoms with Crippen molar-refractivity contribution in [3.8, 4) is 11.1 Å². The third kappa shape index (κ3) is 4.69. The number of para-hydroxylation sites is 1. The van der Waals surface area contributed by atoms with Crippen LogP contribution >= 0.6 is 0 Å². The minimum absolute atomic E-state index is 0.170. The lowest BCUT2D eigenvalue weighted by Gasteiger charge is -2.26. The number of anilines is 2. The third-order valence-electron chi connectivity index (χ3n) is 7.36. The van der Waals surface area contributed by atoms with Crippen molar-refractivity contribution in [1.82, 2.24) is 4.90 Å². The molecule has 0 aromatic heterocycles. The normalized spacial score (nSPS) is 18.2. The number of hydrogen-bond donors (Lipinski definition) is 2. The van der Waals surface area contributed by atoms with Gasteiger partial charge in [-0.2, -0.15) is 0 Å². The number of nitrogens with zero attached hydrogens (tertiary/aromatic N) is 2. The van der Waals surface area contributed by atoms with E-state index < -0.39 is 6.10 Å². The van der Waals surface area contributed by atoms with Crippen LogP contribution in [0.15, 0.2) is 103 Å². The largest absolute Gasteiger partial charge is 0.391 e. The molecule has 6 rings (SSSR count). The summed E-state index contributed by atoms with van der Waals surface area (Å²) in [7, 11) is 0. The van der Waals surface area contributed by atoms with Gasteiger partial charge in [0.05, 0.1) is 23.4 Å². The number of benzene rings is 4. The summed E-state index contributed by atoms with van der Waals surface area (Å²) in [4.78, 5) is 43.3. The second-order valence-electron chi connectivity index (χ2n) is 9.88. The van der Waals surface area contributed by atoms with Crippen molar-refractivity contribution in [2.75, 3.05) is 23.3 Å². The van der Waals surface area contributed by atoms with Crippen molar-refractivity contribution < 1.29 is 19.5 Å². The van der Waals surface area contributed by atoms with Gasteiger partial charge in [-0.25, -0.2) is 0 Å². The van der Waals surface area contributed by atoms with Crippen LogP contribution in [-0.4, -0.2) is 53.0 Å². The van der Waals surface area contributed by atoms with Crippen molar-refractivity contribution in [2.45, 2.75) is 18.6 Å². The lowest BCUT2D eigenvalue weighted by atomic mass is 9.99. The zero-order chi connectivity index (χ0) is 26.9. The van der Waals surface area contributed by atoms with Crippen molar-refractivity contribution in [3.63, 3.8) is 0 Å². The Morgan fingerprint density at radius 1 is 0.769 bits per heavy atom. The van der Waals surface area contributed by atoms with Gasteiger partial charge in [-0.3, -0.25) is 14.4 Å². The summed E-state index contributed by atoms with van der Waals surface area (Å²) in [5.74, 6) is -0.657. The van der Waals surface area contributed by atoms with E-state index in [0.717, 1.165) is 11.1 Å². The number of hydrogen-bond acceptors (Lipinski definition) is 4. The van der Waals surface area contributed by atoms with E-state index in [1.807, 2.05) is 54.6 Å². The fourth-order valence-electron chi connectivity index (χ4n) is 5.46. The van der Waals surface area contributed by atoms with Gasteiger partial charge >= 0.3 is 0 Å². The Bertz CT molecular complexity index is 1550. The number of amides is 3. The van der Waals surface area contributed by atoms with Crippen LogP contribution in [0.25, 0.3) is 11.1 Å². The quantitative estimate of drug-likeness (QED) is 0.405. The molecule has 2 heterocycles. The molecule has 194 valence electrons. The predicted octanol–water partition coefficient (Wildman–Crippen LogP) is 4.84. The second-order valence-corrected chi connectivity index (χ2v) is 9.88. The average molecular weight is 518 g/mol. The molecular formula is C32H27N3O4. The Labute approximate surface area is 226 Å². The minimum atomic E-state index is -0.601. The Kier molecular flexibility index (Phi) is 6.42. The van der Waals surface area contributed by atoms with Gasteiger partial charge in [0.1, 0.15) is 0 Å². The third-order valence-corrected chi connectivity index (χ3v) is 7.36. The molecule has 0 saturated carbocycles. The molecule has 0 spiro atoms.